The van der Waals surface area contributed by atoms with Gasteiger partial charge in [-0.1, -0.05) is 0 Å². The van der Waals surface area contributed by atoms with E-state index in [4.69, 9.17) is 5.73 Å². The second kappa shape index (κ2) is 3.70. The first kappa shape index (κ1) is 9.66. The molecule has 0 atom stereocenters. The summed E-state index contributed by atoms with van der Waals surface area (Å²) >= 11 is 1.38. The summed E-state index contributed by atoms with van der Waals surface area (Å²) in [4.78, 5) is 26.2. The van der Waals surface area contributed by atoms with Crippen LogP contribution in [-0.2, 0) is 11.3 Å². The monoisotopic (exact) mass is 224 g/mol. The van der Waals surface area contributed by atoms with E-state index in [0.717, 1.165) is 4.83 Å². The molecular formula is C8H8N4O2S. The van der Waals surface area contributed by atoms with Gasteiger partial charge in [0.05, 0.1) is 12.7 Å². The number of hydrogen-bond acceptors (Lipinski definition) is 4. The zero-order valence-electron chi connectivity index (χ0n) is 7.64. The maximum atomic E-state index is 11.1. The van der Waals surface area contributed by atoms with E-state index in [1.807, 2.05) is 0 Å². The average molecular weight is 224 g/mol. The van der Waals surface area contributed by atoms with E-state index >= 15 is 0 Å². The lowest BCUT2D eigenvalue weighted by atomic mass is 10.4. The van der Waals surface area contributed by atoms with Crippen LogP contribution in [0.4, 0.5) is 0 Å². The molecule has 0 saturated heterocycles. The Kier molecular flexibility index (Phi) is 2.38. The van der Waals surface area contributed by atoms with Gasteiger partial charge in [-0.3, -0.25) is 14.0 Å². The highest BCUT2D eigenvalue weighted by Gasteiger charge is 2.13. The number of rotatable bonds is 4. The van der Waals surface area contributed by atoms with Crippen LogP contribution in [0.25, 0.3) is 4.83 Å². The van der Waals surface area contributed by atoms with Gasteiger partial charge in [0.2, 0.25) is 6.41 Å². The highest BCUT2D eigenvalue weighted by atomic mass is 32.1. The van der Waals surface area contributed by atoms with Crippen molar-refractivity contribution in [2.45, 2.75) is 6.54 Å². The Morgan fingerprint density at radius 3 is 3.20 bits per heavy atom. The lowest BCUT2D eigenvalue weighted by Gasteiger charge is -1.99. The van der Waals surface area contributed by atoms with Crippen molar-refractivity contribution in [1.29, 1.82) is 0 Å². The van der Waals surface area contributed by atoms with Crippen LogP contribution >= 0.6 is 11.3 Å². The SMILES string of the molecule is NC(=O)c1csc2cnc(CNC=O)n12. The van der Waals surface area contributed by atoms with E-state index in [9.17, 15) is 9.59 Å². The minimum atomic E-state index is -0.508. The number of fused-ring (bicyclic) bond motifs is 1. The number of amides is 2. The van der Waals surface area contributed by atoms with Crippen LogP contribution in [0.2, 0.25) is 0 Å². The Bertz CT molecular complexity index is 516. The van der Waals surface area contributed by atoms with E-state index in [2.05, 4.69) is 10.3 Å². The van der Waals surface area contributed by atoms with Crippen LogP contribution in [-0.4, -0.2) is 21.7 Å². The Morgan fingerprint density at radius 2 is 2.53 bits per heavy atom. The second-order valence-electron chi connectivity index (χ2n) is 2.83. The number of imidazole rings is 1. The lowest BCUT2D eigenvalue weighted by Crippen LogP contribution is -2.17. The molecule has 0 aliphatic heterocycles. The van der Waals surface area contributed by atoms with Gasteiger partial charge in [-0.05, 0) is 0 Å². The molecule has 78 valence electrons. The van der Waals surface area contributed by atoms with Gasteiger partial charge in [0.1, 0.15) is 16.3 Å². The van der Waals surface area contributed by atoms with Crippen LogP contribution in [0.15, 0.2) is 11.6 Å². The fraction of sp³-hybridized carbons (Fsp3) is 0.125. The molecule has 2 heterocycles. The van der Waals surface area contributed by atoms with Gasteiger partial charge >= 0.3 is 0 Å². The quantitative estimate of drug-likeness (QED) is 0.701. The molecule has 2 aromatic rings. The number of carbonyl (C=O) groups is 2. The summed E-state index contributed by atoms with van der Waals surface area (Å²) in [6.45, 7) is 0.272. The van der Waals surface area contributed by atoms with Crippen molar-refractivity contribution in [1.82, 2.24) is 14.7 Å². The Hall–Kier alpha value is -1.89. The van der Waals surface area contributed by atoms with E-state index in [1.54, 1.807) is 16.0 Å². The predicted octanol–water partition coefficient (Wildman–Crippen LogP) is -0.259. The lowest BCUT2D eigenvalue weighted by molar-refractivity contribution is -0.109. The number of hydrogen-bond donors (Lipinski definition) is 2. The molecule has 0 saturated carbocycles. The number of carbonyl (C=O) groups excluding carboxylic acids is 2. The predicted molar refractivity (Wildman–Crippen MR) is 54.5 cm³/mol. The first-order valence-electron chi connectivity index (χ1n) is 4.14. The number of nitrogens with two attached hydrogens (primary N) is 1. The number of nitrogens with one attached hydrogen (secondary N) is 1. The van der Waals surface area contributed by atoms with Gasteiger partial charge in [0.25, 0.3) is 5.91 Å². The number of thiazole rings is 1. The molecule has 0 spiro atoms. The Labute approximate surface area is 88.7 Å². The number of aromatic nitrogens is 2. The van der Waals surface area contributed by atoms with Crippen LogP contribution in [0, 0.1) is 0 Å². The van der Waals surface area contributed by atoms with Gasteiger partial charge in [0, 0.05) is 5.38 Å². The van der Waals surface area contributed by atoms with Gasteiger partial charge in [-0.15, -0.1) is 11.3 Å². The summed E-state index contributed by atoms with van der Waals surface area (Å²) in [5.41, 5.74) is 5.59. The third-order valence-electron chi connectivity index (χ3n) is 1.93. The van der Waals surface area contributed by atoms with Crippen LogP contribution in [0.3, 0.4) is 0 Å². The first-order chi connectivity index (χ1) is 7.24. The number of primary amides is 1. The van der Waals surface area contributed by atoms with E-state index in [-0.39, 0.29) is 6.54 Å². The van der Waals surface area contributed by atoms with Crippen LogP contribution < -0.4 is 11.1 Å². The maximum Gasteiger partial charge on any atom is 0.266 e. The van der Waals surface area contributed by atoms with Crippen molar-refractivity contribution in [3.8, 4) is 0 Å². The highest BCUT2D eigenvalue weighted by Crippen LogP contribution is 2.18. The summed E-state index contributed by atoms with van der Waals surface area (Å²) in [7, 11) is 0. The summed E-state index contributed by atoms with van der Waals surface area (Å²) < 4.78 is 1.64. The minimum Gasteiger partial charge on any atom is -0.364 e. The van der Waals surface area contributed by atoms with Crippen molar-refractivity contribution in [2.24, 2.45) is 5.73 Å². The molecule has 3 N–H and O–H groups in total. The molecule has 2 aromatic heterocycles. The van der Waals surface area contributed by atoms with Crippen molar-refractivity contribution in [3.05, 3.63) is 23.1 Å². The van der Waals surface area contributed by atoms with Gasteiger partial charge < -0.3 is 11.1 Å². The molecule has 15 heavy (non-hydrogen) atoms. The van der Waals surface area contributed by atoms with Crippen LogP contribution in [0.5, 0.6) is 0 Å². The van der Waals surface area contributed by atoms with Gasteiger partial charge in [-0.25, -0.2) is 4.98 Å². The smallest absolute Gasteiger partial charge is 0.266 e. The standard InChI is InChI=1S/C8H8N4O2S/c9-8(14)5-3-15-7-2-11-6(12(5)7)1-10-4-13/h2-4H,1H2,(H2,9,14)(H,10,13). The summed E-state index contributed by atoms with van der Waals surface area (Å²) in [5, 5.41) is 4.16. The van der Waals surface area contributed by atoms with Crippen molar-refractivity contribution in [3.63, 3.8) is 0 Å². The van der Waals surface area contributed by atoms with E-state index in [0.29, 0.717) is 17.9 Å². The maximum absolute atomic E-state index is 11.1. The largest absolute Gasteiger partial charge is 0.364 e. The Morgan fingerprint density at radius 1 is 1.73 bits per heavy atom. The van der Waals surface area contributed by atoms with Crippen LogP contribution in [0.1, 0.15) is 16.3 Å². The summed E-state index contributed by atoms with van der Waals surface area (Å²) in [6.07, 6.45) is 2.22. The van der Waals surface area contributed by atoms with Gasteiger partial charge in [0.15, 0.2) is 0 Å². The molecule has 2 rings (SSSR count). The molecule has 0 fully saturated rings. The highest BCUT2D eigenvalue weighted by molar-refractivity contribution is 7.15. The second-order valence-corrected chi connectivity index (χ2v) is 3.72. The molecule has 0 aliphatic rings. The molecule has 2 amide bonds. The minimum absolute atomic E-state index is 0.272. The molecule has 0 aromatic carbocycles. The zero-order valence-corrected chi connectivity index (χ0v) is 8.45. The Balaban J connectivity index is 2.50. The number of nitrogens with zero attached hydrogens (tertiary/aromatic N) is 2. The zero-order chi connectivity index (χ0) is 10.8. The molecule has 6 nitrogen and oxygen atoms in total. The third kappa shape index (κ3) is 1.57. The van der Waals surface area contributed by atoms with Crippen molar-refractivity contribution < 1.29 is 9.59 Å². The fourth-order valence-corrected chi connectivity index (χ4v) is 2.18. The van der Waals surface area contributed by atoms with E-state index < -0.39 is 5.91 Å². The summed E-state index contributed by atoms with van der Waals surface area (Å²) in [5.74, 6) is 0.0822. The molecule has 0 radical (unpaired) electrons. The molecule has 0 unspecified atom stereocenters. The van der Waals surface area contributed by atoms with E-state index in [1.165, 1.54) is 11.3 Å². The topological polar surface area (TPSA) is 89.5 Å². The molecule has 0 bridgehead atoms. The molecule has 0 aliphatic carbocycles. The van der Waals surface area contributed by atoms with Gasteiger partial charge in [-0.2, -0.15) is 0 Å². The average Bonchev–Trinajstić information content (AvgIpc) is 2.74. The van der Waals surface area contributed by atoms with Crippen molar-refractivity contribution >= 4 is 28.5 Å². The fourth-order valence-electron chi connectivity index (χ4n) is 1.31. The molecule has 7 heteroatoms. The normalized spacial score (nSPS) is 10.4. The third-order valence-corrected chi connectivity index (χ3v) is 2.80. The molecular weight excluding hydrogens is 216 g/mol. The van der Waals surface area contributed by atoms with Crippen molar-refractivity contribution in [2.75, 3.05) is 0 Å². The first-order valence-corrected chi connectivity index (χ1v) is 5.02. The summed E-state index contributed by atoms with van der Waals surface area (Å²) in [6, 6.07) is 0.